The molecule has 0 atom stereocenters. The number of aliphatic hydroxyl groups excluding tert-OH is 1. The molecule has 48 valence electrons. The first kappa shape index (κ1) is 6.23. The topological polar surface area (TPSA) is 33.4 Å². The second-order valence-electron chi connectivity index (χ2n) is 1.55. The van der Waals surface area contributed by atoms with Gasteiger partial charge in [-0.25, -0.2) is 0 Å². The molecular weight excluding hydrogens is 140 g/mol. The summed E-state index contributed by atoms with van der Waals surface area (Å²) in [4.78, 5) is 0. The molecule has 0 unspecified atom stereocenters. The largest absolute Gasteiger partial charge is 0.508 e. The summed E-state index contributed by atoms with van der Waals surface area (Å²) in [5, 5.41) is 8.92. The van der Waals surface area contributed by atoms with Gasteiger partial charge in [0.1, 0.15) is 5.76 Å². The van der Waals surface area contributed by atoms with E-state index in [4.69, 9.17) is 16.7 Å². The molecule has 1 N–H and O–H groups in total. The molecule has 3 heteroatoms. The van der Waals surface area contributed by atoms with E-state index in [9.17, 15) is 0 Å². The van der Waals surface area contributed by atoms with Crippen molar-refractivity contribution in [2.45, 2.75) is 0 Å². The third-order valence-electron chi connectivity index (χ3n) is 0.929. The second-order valence-corrected chi connectivity index (χ2v) is 1.90. The van der Waals surface area contributed by atoms with Gasteiger partial charge in [-0.3, -0.25) is 0 Å². The zero-order valence-corrected chi connectivity index (χ0v) is 5.35. The van der Waals surface area contributed by atoms with Crippen molar-refractivity contribution >= 4 is 17.4 Å². The molecule has 0 aliphatic heterocycles. The Hall–Kier alpha value is -0.890. The van der Waals surface area contributed by atoms with Crippen molar-refractivity contribution in [3.63, 3.8) is 0 Å². The van der Waals surface area contributed by atoms with E-state index in [-0.39, 0.29) is 11.0 Å². The highest BCUT2D eigenvalue weighted by Gasteiger charge is 2.03. The highest BCUT2D eigenvalue weighted by atomic mass is 35.5. The molecule has 0 spiro atoms. The summed E-state index contributed by atoms with van der Waals surface area (Å²) >= 11 is 5.45. The van der Waals surface area contributed by atoms with Gasteiger partial charge < -0.3 is 9.52 Å². The molecule has 0 aromatic carbocycles. The normalized spacial score (nSPS) is 9.44. The Labute approximate surface area is 57.4 Å². The number of hydrogen-bond donors (Lipinski definition) is 1. The molecule has 1 aromatic rings. The molecule has 0 radical (unpaired) electrons. The highest BCUT2D eigenvalue weighted by molar-refractivity contribution is 6.30. The van der Waals surface area contributed by atoms with Crippen LogP contribution in [0, 0.1) is 0 Å². The van der Waals surface area contributed by atoms with Gasteiger partial charge in [0.15, 0.2) is 0 Å². The fraction of sp³-hybridized carbons (Fsp3) is 0. The van der Waals surface area contributed by atoms with Crippen molar-refractivity contribution in [1.82, 2.24) is 0 Å². The lowest BCUT2D eigenvalue weighted by Gasteiger charge is -1.89. The Kier molecular flexibility index (Phi) is 1.49. The lowest BCUT2D eigenvalue weighted by Crippen LogP contribution is -1.73. The van der Waals surface area contributed by atoms with Crippen LogP contribution in [0.15, 0.2) is 23.3 Å². The number of aliphatic hydroxyl groups is 1. The molecule has 0 amide bonds. The van der Waals surface area contributed by atoms with Crippen molar-refractivity contribution in [1.29, 1.82) is 0 Å². The van der Waals surface area contributed by atoms with E-state index in [1.165, 1.54) is 6.26 Å². The number of hydrogen-bond acceptors (Lipinski definition) is 2. The SMILES string of the molecule is C=C(O)c1ccoc1Cl. The van der Waals surface area contributed by atoms with Gasteiger partial charge in [0.2, 0.25) is 5.22 Å². The minimum Gasteiger partial charge on any atom is -0.508 e. The average Bonchev–Trinajstić information content (AvgIpc) is 2.13. The van der Waals surface area contributed by atoms with Crippen molar-refractivity contribution in [2.75, 3.05) is 0 Å². The highest BCUT2D eigenvalue weighted by Crippen LogP contribution is 2.21. The van der Waals surface area contributed by atoms with Gasteiger partial charge >= 0.3 is 0 Å². The van der Waals surface area contributed by atoms with Crippen molar-refractivity contribution in [3.8, 4) is 0 Å². The smallest absolute Gasteiger partial charge is 0.203 e. The van der Waals surface area contributed by atoms with E-state index in [1.54, 1.807) is 6.07 Å². The lowest BCUT2D eigenvalue weighted by atomic mass is 10.3. The minimum atomic E-state index is -0.0752. The summed E-state index contributed by atoms with van der Waals surface area (Å²) in [5.74, 6) is -0.0752. The minimum absolute atomic E-state index is 0.0752. The molecule has 0 aliphatic rings. The van der Waals surface area contributed by atoms with Gasteiger partial charge in [-0.15, -0.1) is 0 Å². The van der Waals surface area contributed by atoms with E-state index < -0.39 is 0 Å². The third-order valence-corrected chi connectivity index (χ3v) is 1.22. The number of rotatable bonds is 1. The van der Waals surface area contributed by atoms with Crippen LogP contribution in [0.5, 0.6) is 0 Å². The van der Waals surface area contributed by atoms with Crippen LogP contribution in [0.25, 0.3) is 5.76 Å². The van der Waals surface area contributed by atoms with E-state index in [0.29, 0.717) is 5.56 Å². The summed E-state index contributed by atoms with van der Waals surface area (Å²) in [5.41, 5.74) is 0.441. The first-order chi connectivity index (χ1) is 4.22. The van der Waals surface area contributed by atoms with Gasteiger partial charge in [-0.1, -0.05) is 6.58 Å². The predicted molar refractivity (Wildman–Crippen MR) is 35.4 cm³/mol. The lowest BCUT2D eigenvalue weighted by molar-refractivity contribution is 0.510. The average molecular weight is 145 g/mol. The molecule has 1 heterocycles. The number of furan rings is 1. The molecule has 9 heavy (non-hydrogen) atoms. The molecule has 0 saturated carbocycles. The van der Waals surface area contributed by atoms with Gasteiger partial charge in [-0.2, -0.15) is 0 Å². The molecule has 0 bridgehead atoms. The monoisotopic (exact) mass is 144 g/mol. The van der Waals surface area contributed by atoms with Crippen LogP contribution >= 0.6 is 11.6 Å². The van der Waals surface area contributed by atoms with Gasteiger partial charge in [-0.05, 0) is 17.7 Å². The van der Waals surface area contributed by atoms with Crippen LogP contribution in [0.1, 0.15) is 5.56 Å². The van der Waals surface area contributed by atoms with Crippen LogP contribution in [-0.4, -0.2) is 5.11 Å². The van der Waals surface area contributed by atoms with Gasteiger partial charge in [0, 0.05) is 0 Å². The molecule has 0 aliphatic carbocycles. The third kappa shape index (κ3) is 1.08. The first-order valence-corrected chi connectivity index (χ1v) is 2.71. The number of halogens is 1. The summed E-state index contributed by atoms with van der Waals surface area (Å²) in [6, 6.07) is 1.55. The van der Waals surface area contributed by atoms with E-state index in [1.807, 2.05) is 0 Å². The molecule has 0 saturated heterocycles. The van der Waals surface area contributed by atoms with E-state index in [2.05, 4.69) is 11.0 Å². The van der Waals surface area contributed by atoms with Crippen LogP contribution in [0.3, 0.4) is 0 Å². The quantitative estimate of drug-likeness (QED) is 0.615. The molecule has 1 aromatic heterocycles. The summed E-state index contributed by atoms with van der Waals surface area (Å²) in [7, 11) is 0. The Morgan fingerprint density at radius 1 is 1.78 bits per heavy atom. The van der Waals surface area contributed by atoms with E-state index in [0.717, 1.165) is 0 Å². The zero-order chi connectivity index (χ0) is 6.85. The Bertz CT molecular complexity index is 227. The molecule has 1 rings (SSSR count). The predicted octanol–water partition coefficient (Wildman–Crippen LogP) is 2.46. The first-order valence-electron chi connectivity index (χ1n) is 2.33. The summed E-state index contributed by atoms with van der Waals surface area (Å²) in [6.07, 6.45) is 1.39. The van der Waals surface area contributed by atoms with Crippen LogP contribution in [-0.2, 0) is 0 Å². The van der Waals surface area contributed by atoms with Gasteiger partial charge in [0.05, 0.1) is 11.8 Å². The van der Waals surface area contributed by atoms with Crippen LogP contribution in [0.4, 0.5) is 0 Å². The standard InChI is InChI=1S/C6H5ClO2/c1-4(8)5-2-3-9-6(5)7/h2-3,8H,1H2. The van der Waals surface area contributed by atoms with E-state index >= 15 is 0 Å². The Morgan fingerprint density at radius 2 is 2.44 bits per heavy atom. The second kappa shape index (κ2) is 2.15. The fourth-order valence-corrected chi connectivity index (χ4v) is 0.724. The Balaban J connectivity index is 3.08. The maximum absolute atomic E-state index is 8.75. The van der Waals surface area contributed by atoms with Crippen molar-refractivity contribution < 1.29 is 9.52 Å². The maximum Gasteiger partial charge on any atom is 0.203 e. The van der Waals surface area contributed by atoms with Gasteiger partial charge in [0.25, 0.3) is 0 Å². The molecule has 0 fully saturated rings. The van der Waals surface area contributed by atoms with Crippen LogP contribution < -0.4 is 0 Å². The molecule has 2 nitrogen and oxygen atoms in total. The zero-order valence-electron chi connectivity index (χ0n) is 4.60. The molecular formula is C6H5ClO2. The Morgan fingerprint density at radius 3 is 2.67 bits per heavy atom. The summed E-state index contributed by atoms with van der Waals surface area (Å²) < 4.78 is 4.67. The van der Waals surface area contributed by atoms with Crippen molar-refractivity contribution in [2.24, 2.45) is 0 Å². The maximum atomic E-state index is 8.75. The fourth-order valence-electron chi connectivity index (χ4n) is 0.500. The van der Waals surface area contributed by atoms with Crippen LogP contribution in [0.2, 0.25) is 5.22 Å². The van der Waals surface area contributed by atoms with Crippen molar-refractivity contribution in [3.05, 3.63) is 29.7 Å². The summed E-state index contributed by atoms with van der Waals surface area (Å²) in [6.45, 7) is 3.27.